The number of ketones is 1. The van der Waals surface area contributed by atoms with E-state index in [2.05, 4.69) is 4.90 Å². The second kappa shape index (κ2) is 10.4. The number of nitrogens with zero attached hydrogens (tertiary/aromatic N) is 2. The number of aryl methyl sites for hydroxylation is 1. The summed E-state index contributed by atoms with van der Waals surface area (Å²) in [6.45, 7) is 6.12. The van der Waals surface area contributed by atoms with Gasteiger partial charge >= 0.3 is 0 Å². The summed E-state index contributed by atoms with van der Waals surface area (Å²) in [7, 11) is 1.35. The number of methoxy groups -OCH3 is 1. The molecule has 2 aromatic carbocycles. The zero-order chi connectivity index (χ0) is 24.2. The van der Waals surface area contributed by atoms with Crippen molar-refractivity contribution in [2.24, 2.45) is 0 Å². The molecular weight excluding hydrogens is 439 g/mol. The monoisotopic (exact) mass is 468 g/mol. The van der Waals surface area contributed by atoms with Crippen molar-refractivity contribution in [3.8, 4) is 5.75 Å². The number of hydrogen-bond donors (Lipinski definition) is 1. The van der Waals surface area contributed by atoms with Gasteiger partial charge in [0, 0.05) is 31.7 Å². The van der Waals surface area contributed by atoms with Crippen LogP contribution in [0.15, 0.2) is 48.0 Å². The largest absolute Gasteiger partial charge is 0.507 e. The minimum Gasteiger partial charge on any atom is -0.507 e. The molecule has 1 N–H and O–H groups in total. The fourth-order valence-electron chi connectivity index (χ4n) is 4.46. The van der Waals surface area contributed by atoms with Crippen molar-refractivity contribution in [3.63, 3.8) is 0 Å². The molecule has 0 unspecified atom stereocenters. The molecule has 0 aliphatic carbocycles. The highest BCUT2D eigenvalue weighted by molar-refractivity contribution is 6.46. The summed E-state index contributed by atoms with van der Waals surface area (Å²) >= 11 is 0. The van der Waals surface area contributed by atoms with Gasteiger partial charge in [0.05, 0.1) is 31.9 Å². The Kier molecular flexibility index (Phi) is 7.29. The van der Waals surface area contributed by atoms with Crippen molar-refractivity contribution in [3.05, 3.63) is 70.5 Å². The van der Waals surface area contributed by atoms with Crippen molar-refractivity contribution in [1.29, 1.82) is 0 Å². The van der Waals surface area contributed by atoms with E-state index in [9.17, 15) is 19.1 Å². The smallest absolute Gasteiger partial charge is 0.295 e. The van der Waals surface area contributed by atoms with Crippen LogP contribution in [0.4, 0.5) is 4.39 Å². The molecule has 1 atom stereocenters. The number of rotatable bonds is 7. The van der Waals surface area contributed by atoms with Crippen LogP contribution in [0, 0.1) is 12.7 Å². The molecule has 2 fully saturated rings. The molecule has 2 aliphatic heterocycles. The summed E-state index contributed by atoms with van der Waals surface area (Å²) in [4.78, 5) is 29.9. The van der Waals surface area contributed by atoms with E-state index in [1.807, 2.05) is 31.2 Å². The van der Waals surface area contributed by atoms with Crippen LogP contribution in [-0.2, 0) is 14.3 Å². The maximum Gasteiger partial charge on any atom is 0.295 e. The number of ether oxygens (including phenoxy) is 2. The Morgan fingerprint density at radius 1 is 1.12 bits per heavy atom. The summed E-state index contributed by atoms with van der Waals surface area (Å²) in [5, 5.41) is 11.1. The van der Waals surface area contributed by atoms with E-state index in [1.165, 1.54) is 24.1 Å². The van der Waals surface area contributed by atoms with Crippen LogP contribution in [0.2, 0.25) is 0 Å². The third-order valence-electron chi connectivity index (χ3n) is 6.34. The van der Waals surface area contributed by atoms with Gasteiger partial charge in [0.15, 0.2) is 11.6 Å². The van der Waals surface area contributed by atoms with E-state index in [0.29, 0.717) is 31.7 Å². The zero-order valence-electron chi connectivity index (χ0n) is 19.4. The fourth-order valence-corrected chi connectivity index (χ4v) is 4.46. The summed E-state index contributed by atoms with van der Waals surface area (Å²) < 4.78 is 24.6. The minimum atomic E-state index is -0.773. The summed E-state index contributed by atoms with van der Waals surface area (Å²) in [5.41, 5.74) is 1.82. The van der Waals surface area contributed by atoms with E-state index in [0.717, 1.165) is 31.3 Å². The van der Waals surface area contributed by atoms with Crippen molar-refractivity contribution in [2.45, 2.75) is 19.4 Å². The molecular formula is C26H29FN2O5. The lowest BCUT2D eigenvalue weighted by Crippen LogP contribution is -2.38. The predicted octanol–water partition coefficient (Wildman–Crippen LogP) is 3.29. The van der Waals surface area contributed by atoms with Crippen molar-refractivity contribution in [2.75, 3.05) is 46.5 Å². The summed E-state index contributed by atoms with van der Waals surface area (Å²) in [6.07, 6.45) is 0.673. The normalized spacial score (nSPS) is 20.7. The van der Waals surface area contributed by atoms with Crippen LogP contribution in [0.5, 0.6) is 5.75 Å². The van der Waals surface area contributed by atoms with E-state index < -0.39 is 29.3 Å². The first-order valence-corrected chi connectivity index (χ1v) is 11.4. The van der Waals surface area contributed by atoms with Crippen LogP contribution < -0.4 is 4.74 Å². The van der Waals surface area contributed by atoms with E-state index >= 15 is 0 Å². The van der Waals surface area contributed by atoms with Gasteiger partial charge in [0.25, 0.3) is 11.7 Å². The molecule has 2 heterocycles. The Bertz CT molecular complexity index is 1090. The second-order valence-electron chi connectivity index (χ2n) is 8.56. The Hall–Kier alpha value is -3.23. The van der Waals surface area contributed by atoms with Gasteiger partial charge in [0.2, 0.25) is 0 Å². The predicted molar refractivity (Wildman–Crippen MR) is 125 cm³/mol. The Morgan fingerprint density at radius 2 is 1.82 bits per heavy atom. The molecule has 0 bridgehead atoms. The number of amides is 1. The zero-order valence-corrected chi connectivity index (χ0v) is 19.4. The number of carbonyl (C=O) groups is 2. The quantitative estimate of drug-likeness (QED) is 0.382. The summed E-state index contributed by atoms with van der Waals surface area (Å²) in [6, 6.07) is 10.7. The van der Waals surface area contributed by atoms with Crippen LogP contribution in [0.3, 0.4) is 0 Å². The van der Waals surface area contributed by atoms with Crippen molar-refractivity contribution < 1.29 is 28.6 Å². The van der Waals surface area contributed by atoms with Gasteiger partial charge in [-0.2, -0.15) is 0 Å². The molecule has 0 saturated carbocycles. The number of carbonyl (C=O) groups excluding carboxylic acids is 2. The topological polar surface area (TPSA) is 79.3 Å². The molecule has 1 amide bonds. The first-order valence-electron chi connectivity index (χ1n) is 11.4. The van der Waals surface area contributed by atoms with Gasteiger partial charge in [-0.3, -0.25) is 14.5 Å². The van der Waals surface area contributed by atoms with Gasteiger partial charge in [-0.15, -0.1) is 0 Å². The van der Waals surface area contributed by atoms with Crippen LogP contribution in [-0.4, -0.2) is 73.1 Å². The lowest BCUT2D eigenvalue weighted by Gasteiger charge is -2.29. The maximum absolute atomic E-state index is 14.3. The van der Waals surface area contributed by atoms with E-state index in [-0.39, 0.29) is 16.9 Å². The molecule has 2 aromatic rings. The highest BCUT2D eigenvalue weighted by atomic mass is 19.1. The minimum absolute atomic E-state index is 0.0233. The number of hydrogen-bond acceptors (Lipinski definition) is 6. The Labute approximate surface area is 198 Å². The molecule has 0 spiro atoms. The highest BCUT2D eigenvalue weighted by Gasteiger charge is 2.45. The Morgan fingerprint density at radius 3 is 2.47 bits per heavy atom. The molecule has 180 valence electrons. The van der Waals surface area contributed by atoms with Crippen LogP contribution in [0.1, 0.15) is 29.2 Å². The molecule has 34 heavy (non-hydrogen) atoms. The first-order chi connectivity index (χ1) is 16.4. The molecule has 8 heteroatoms. The fraction of sp³-hybridized carbons (Fsp3) is 0.385. The molecule has 4 rings (SSSR count). The average Bonchev–Trinajstić information content (AvgIpc) is 3.09. The van der Waals surface area contributed by atoms with Gasteiger partial charge in [-0.05, 0) is 37.1 Å². The molecule has 7 nitrogen and oxygen atoms in total. The lowest BCUT2D eigenvalue weighted by molar-refractivity contribution is -0.140. The third-order valence-corrected chi connectivity index (χ3v) is 6.34. The van der Waals surface area contributed by atoms with Gasteiger partial charge in [-0.1, -0.05) is 29.8 Å². The van der Waals surface area contributed by atoms with Crippen molar-refractivity contribution in [1.82, 2.24) is 9.80 Å². The maximum atomic E-state index is 14.3. The Balaban J connectivity index is 1.68. The number of likely N-dealkylation sites (tertiary alicyclic amines) is 1. The van der Waals surface area contributed by atoms with Crippen molar-refractivity contribution >= 4 is 17.4 Å². The molecule has 2 saturated heterocycles. The number of halogens is 1. The first kappa shape index (κ1) is 23.9. The number of aliphatic hydroxyl groups excluding tert-OH is 1. The molecule has 2 aliphatic rings. The summed E-state index contributed by atoms with van der Waals surface area (Å²) in [5.74, 6) is -2.48. The van der Waals surface area contributed by atoms with Crippen LogP contribution >= 0.6 is 0 Å². The number of morpholine rings is 1. The highest BCUT2D eigenvalue weighted by Crippen LogP contribution is 2.40. The number of benzene rings is 2. The average molecular weight is 469 g/mol. The second-order valence-corrected chi connectivity index (χ2v) is 8.56. The van der Waals surface area contributed by atoms with E-state index in [1.54, 1.807) is 0 Å². The van der Waals surface area contributed by atoms with Crippen LogP contribution in [0.25, 0.3) is 5.76 Å². The van der Waals surface area contributed by atoms with Gasteiger partial charge < -0.3 is 19.5 Å². The van der Waals surface area contributed by atoms with Gasteiger partial charge in [0.1, 0.15) is 5.76 Å². The van der Waals surface area contributed by atoms with Gasteiger partial charge in [-0.25, -0.2) is 4.39 Å². The SMILES string of the molecule is COc1ccc(C(O)=C2C(=O)C(=O)N(CCCN3CCOCC3)[C@H]2c2ccc(C)cc2)cc1F. The number of Topliss-reactive ketones (excluding diaryl/α,β-unsaturated/α-hetero) is 1. The molecule has 0 aromatic heterocycles. The number of aliphatic hydroxyl groups is 1. The standard InChI is InChI=1S/C26H29FN2O5/c1-17-4-6-18(7-5-17)23-22(24(30)19-8-9-21(33-2)20(27)16-19)25(31)26(32)29(23)11-3-10-28-12-14-34-15-13-28/h4-9,16,23,30H,3,10-15H2,1-2H3/t23-/m0/s1. The molecule has 0 radical (unpaired) electrons. The van der Waals surface area contributed by atoms with E-state index in [4.69, 9.17) is 9.47 Å². The lowest BCUT2D eigenvalue weighted by atomic mass is 9.94. The third kappa shape index (κ3) is 4.83.